The lowest BCUT2D eigenvalue weighted by molar-refractivity contribution is -0.120. The van der Waals surface area contributed by atoms with Crippen LogP contribution in [0.3, 0.4) is 0 Å². The second kappa shape index (κ2) is 7.60. The molecule has 0 saturated carbocycles. The van der Waals surface area contributed by atoms with E-state index < -0.39 is 17.6 Å². The molecule has 3 aromatic rings. The summed E-state index contributed by atoms with van der Waals surface area (Å²) < 4.78 is 13.1. The summed E-state index contributed by atoms with van der Waals surface area (Å²) >= 11 is 0. The number of hydrogen-bond acceptors (Lipinski definition) is 3. The zero-order valence-electron chi connectivity index (χ0n) is 14.0. The third-order valence-electron chi connectivity index (χ3n) is 3.82. The maximum atomic E-state index is 13.1. The molecule has 0 radical (unpaired) electrons. The number of H-pyrrole nitrogens is 1. The summed E-state index contributed by atoms with van der Waals surface area (Å²) in [5.41, 5.74) is 5.31. The van der Waals surface area contributed by atoms with Gasteiger partial charge in [-0.1, -0.05) is 24.3 Å². The molecule has 3 N–H and O–H groups in total. The van der Waals surface area contributed by atoms with Crippen molar-refractivity contribution in [3.05, 3.63) is 71.2 Å². The van der Waals surface area contributed by atoms with Gasteiger partial charge in [0.25, 0.3) is 11.8 Å². The summed E-state index contributed by atoms with van der Waals surface area (Å²) in [5.74, 6) is -1.53. The predicted octanol–water partition coefficient (Wildman–Crippen LogP) is 2.50. The number of halogens is 1. The van der Waals surface area contributed by atoms with Gasteiger partial charge in [-0.3, -0.25) is 9.59 Å². The number of aromatic nitrogens is 1. The van der Waals surface area contributed by atoms with Crippen LogP contribution in [-0.4, -0.2) is 29.6 Å². The SMILES string of the molecule is Cc1[nH]c2ccccc2c1/C=N/NC(=O)CNC(=O)c1cccc(F)c1. The van der Waals surface area contributed by atoms with Crippen LogP contribution < -0.4 is 10.7 Å². The van der Waals surface area contributed by atoms with E-state index in [9.17, 15) is 14.0 Å². The molecule has 1 aromatic heterocycles. The minimum atomic E-state index is -0.531. The van der Waals surface area contributed by atoms with Crippen molar-refractivity contribution in [3.8, 4) is 0 Å². The van der Waals surface area contributed by atoms with Gasteiger partial charge in [0, 0.05) is 27.7 Å². The molecule has 0 aliphatic carbocycles. The van der Waals surface area contributed by atoms with Crippen LogP contribution in [0.25, 0.3) is 10.9 Å². The van der Waals surface area contributed by atoms with E-state index >= 15 is 0 Å². The molecule has 0 aliphatic heterocycles. The van der Waals surface area contributed by atoms with Gasteiger partial charge >= 0.3 is 0 Å². The number of para-hydroxylation sites is 1. The Hall–Kier alpha value is -3.48. The Bertz CT molecular complexity index is 994. The van der Waals surface area contributed by atoms with Crippen molar-refractivity contribution < 1.29 is 14.0 Å². The van der Waals surface area contributed by atoms with Crippen molar-refractivity contribution in [2.75, 3.05) is 6.54 Å². The Morgan fingerprint density at radius 3 is 2.81 bits per heavy atom. The molecule has 132 valence electrons. The number of rotatable bonds is 5. The molecule has 3 rings (SSSR count). The molecule has 2 aromatic carbocycles. The van der Waals surface area contributed by atoms with Crippen LogP contribution in [0, 0.1) is 12.7 Å². The zero-order valence-corrected chi connectivity index (χ0v) is 14.0. The molecule has 6 nitrogen and oxygen atoms in total. The number of carbonyl (C=O) groups excluding carboxylic acids is 2. The maximum absolute atomic E-state index is 13.1. The van der Waals surface area contributed by atoms with E-state index in [4.69, 9.17) is 0 Å². The largest absolute Gasteiger partial charge is 0.358 e. The second-order valence-corrected chi connectivity index (χ2v) is 5.70. The Labute approximate surface area is 149 Å². The first-order valence-electron chi connectivity index (χ1n) is 7.97. The monoisotopic (exact) mass is 352 g/mol. The van der Waals surface area contributed by atoms with E-state index in [0.29, 0.717) is 0 Å². The minimum absolute atomic E-state index is 0.149. The van der Waals surface area contributed by atoms with Gasteiger partial charge in [0.15, 0.2) is 0 Å². The second-order valence-electron chi connectivity index (χ2n) is 5.70. The molecule has 1 heterocycles. The number of benzene rings is 2. The van der Waals surface area contributed by atoms with Crippen LogP contribution in [0.5, 0.6) is 0 Å². The van der Waals surface area contributed by atoms with Gasteiger partial charge in [0.1, 0.15) is 5.82 Å². The lowest BCUT2D eigenvalue weighted by Crippen LogP contribution is -2.34. The standard InChI is InChI=1S/C19H17FN4O2/c1-12-16(15-7-2-3-8-17(15)23-12)10-22-24-18(25)11-21-19(26)13-5-4-6-14(20)9-13/h2-10,23H,11H2,1H3,(H,21,26)(H,24,25)/b22-10+. The summed E-state index contributed by atoms with van der Waals surface area (Å²) in [7, 11) is 0. The van der Waals surface area contributed by atoms with E-state index in [1.807, 2.05) is 31.2 Å². The number of aromatic amines is 1. The smallest absolute Gasteiger partial charge is 0.259 e. The highest BCUT2D eigenvalue weighted by molar-refractivity contribution is 6.01. The van der Waals surface area contributed by atoms with E-state index in [0.717, 1.165) is 28.2 Å². The molecular formula is C19H17FN4O2. The van der Waals surface area contributed by atoms with E-state index in [1.165, 1.54) is 18.2 Å². The average molecular weight is 352 g/mol. The van der Waals surface area contributed by atoms with Gasteiger partial charge < -0.3 is 10.3 Å². The van der Waals surface area contributed by atoms with Crippen LogP contribution in [0.2, 0.25) is 0 Å². The molecule has 7 heteroatoms. The fourth-order valence-corrected chi connectivity index (χ4v) is 2.57. The van der Waals surface area contributed by atoms with Gasteiger partial charge in [0.05, 0.1) is 12.8 Å². The number of aryl methyl sites for hydroxylation is 1. The van der Waals surface area contributed by atoms with Gasteiger partial charge in [-0.2, -0.15) is 5.10 Å². The minimum Gasteiger partial charge on any atom is -0.358 e. The molecule has 0 fully saturated rings. The van der Waals surface area contributed by atoms with E-state index in [1.54, 1.807) is 6.21 Å². The quantitative estimate of drug-likeness (QED) is 0.487. The lowest BCUT2D eigenvalue weighted by atomic mass is 10.1. The van der Waals surface area contributed by atoms with E-state index in [2.05, 4.69) is 20.8 Å². The Balaban J connectivity index is 1.56. The third-order valence-corrected chi connectivity index (χ3v) is 3.82. The molecule has 2 amide bonds. The van der Waals surface area contributed by atoms with Crippen molar-refractivity contribution >= 4 is 28.9 Å². The Morgan fingerprint density at radius 1 is 1.19 bits per heavy atom. The summed E-state index contributed by atoms with van der Waals surface area (Å²) in [6, 6.07) is 13.0. The number of fused-ring (bicyclic) bond motifs is 1. The maximum Gasteiger partial charge on any atom is 0.259 e. The molecule has 0 atom stereocenters. The Kier molecular flexibility index (Phi) is 5.07. The van der Waals surface area contributed by atoms with Crippen molar-refractivity contribution in [1.29, 1.82) is 0 Å². The molecule has 0 aliphatic rings. The van der Waals surface area contributed by atoms with E-state index in [-0.39, 0.29) is 12.1 Å². The first-order chi connectivity index (χ1) is 12.5. The number of nitrogens with one attached hydrogen (secondary N) is 3. The average Bonchev–Trinajstić information content (AvgIpc) is 2.95. The van der Waals surface area contributed by atoms with Crippen molar-refractivity contribution in [1.82, 2.24) is 15.7 Å². The lowest BCUT2D eigenvalue weighted by Gasteiger charge is -2.04. The van der Waals surface area contributed by atoms with Gasteiger partial charge in [-0.15, -0.1) is 0 Å². The summed E-state index contributed by atoms with van der Waals surface area (Å²) in [5, 5.41) is 7.35. The molecule has 26 heavy (non-hydrogen) atoms. The number of carbonyl (C=O) groups is 2. The topological polar surface area (TPSA) is 86.3 Å². The number of hydrogen-bond donors (Lipinski definition) is 3. The fraction of sp³-hybridized carbons (Fsp3) is 0.105. The molecule has 0 unspecified atom stereocenters. The highest BCUT2D eigenvalue weighted by atomic mass is 19.1. The Morgan fingerprint density at radius 2 is 2.00 bits per heavy atom. The van der Waals surface area contributed by atoms with Crippen LogP contribution in [-0.2, 0) is 4.79 Å². The molecule has 0 bridgehead atoms. The number of amides is 2. The predicted molar refractivity (Wildman–Crippen MR) is 97.5 cm³/mol. The molecule has 0 saturated heterocycles. The summed E-state index contributed by atoms with van der Waals surface area (Å²) in [6.45, 7) is 1.65. The fourth-order valence-electron chi connectivity index (χ4n) is 2.57. The normalized spacial score (nSPS) is 11.0. The van der Waals surface area contributed by atoms with Crippen LogP contribution in [0.15, 0.2) is 53.6 Å². The molecule has 0 spiro atoms. The van der Waals surface area contributed by atoms with Crippen LogP contribution in [0.4, 0.5) is 4.39 Å². The van der Waals surface area contributed by atoms with Gasteiger partial charge in [-0.05, 0) is 31.2 Å². The van der Waals surface area contributed by atoms with Crippen molar-refractivity contribution in [2.24, 2.45) is 5.10 Å². The van der Waals surface area contributed by atoms with Crippen molar-refractivity contribution in [3.63, 3.8) is 0 Å². The number of hydrazone groups is 1. The first-order valence-corrected chi connectivity index (χ1v) is 7.97. The third kappa shape index (κ3) is 3.94. The zero-order chi connectivity index (χ0) is 18.5. The summed E-state index contributed by atoms with van der Waals surface area (Å²) in [6.07, 6.45) is 1.56. The summed E-state index contributed by atoms with van der Waals surface area (Å²) in [4.78, 5) is 26.9. The highest BCUT2D eigenvalue weighted by Crippen LogP contribution is 2.19. The van der Waals surface area contributed by atoms with Gasteiger partial charge in [0.2, 0.25) is 0 Å². The first kappa shape index (κ1) is 17.3. The number of nitrogens with zero attached hydrogens (tertiary/aromatic N) is 1. The van der Waals surface area contributed by atoms with Gasteiger partial charge in [-0.25, -0.2) is 9.82 Å². The van der Waals surface area contributed by atoms with Crippen LogP contribution >= 0.6 is 0 Å². The van der Waals surface area contributed by atoms with Crippen LogP contribution in [0.1, 0.15) is 21.6 Å². The van der Waals surface area contributed by atoms with Crippen molar-refractivity contribution in [2.45, 2.75) is 6.92 Å². The highest BCUT2D eigenvalue weighted by Gasteiger charge is 2.09. The molecular weight excluding hydrogens is 335 g/mol.